The van der Waals surface area contributed by atoms with Crippen LogP contribution >= 0.6 is 27.5 Å². The van der Waals surface area contributed by atoms with Crippen molar-refractivity contribution in [1.82, 2.24) is 0 Å². The number of hydrogen-bond acceptors (Lipinski definition) is 2. The van der Waals surface area contributed by atoms with E-state index in [9.17, 15) is 0 Å². The molecule has 0 saturated carbocycles. The number of ether oxygens (including phenoxy) is 2. The maximum Gasteiger partial charge on any atom is 0.126 e. The van der Waals surface area contributed by atoms with Gasteiger partial charge >= 0.3 is 0 Å². The Balaban J connectivity index is 1.87. The number of aryl methyl sites for hydroxylation is 1. The van der Waals surface area contributed by atoms with Crippen molar-refractivity contribution in [2.24, 2.45) is 0 Å². The maximum atomic E-state index is 5.91. The zero-order chi connectivity index (χ0) is 14.4. The molecule has 0 aromatic heterocycles. The van der Waals surface area contributed by atoms with Gasteiger partial charge in [-0.25, -0.2) is 0 Å². The van der Waals surface area contributed by atoms with Crippen LogP contribution in [0.15, 0.2) is 46.9 Å². The second kappa shape index (κ2) is 7.55. The summed E-state index contributed by atoms with van der Waals surface area (Å²) in [4.78, 5) is 0. The molecule has 0 heterocycles. The number of hydrogen-bond donors (Lipinski definition) is 0. The lowest BCUT2D eigenvalue weighted by atomic mass is 10.1. The van der Waals surface area contributed by atoms with Crippen molar-refractivity contribution in [2.75, 3.05) is 13.2 Å². The van der Waals surface area contributed by atoms with Crippen molar-refractivity contribution in [3.63, 3.8) is 0 Å². The van der Waals surface area contributed by atoms with Crippen molar-refractivity contribution in [1.29, 1.82) is 0 Å². The van der Waals surface area contributed by atoms with Crippen molar-refractivity contribution in [3.05, 3.63) is 58.1 Å². The molecule has 4 heteroatoms. The third kappa shape index (κ3) is 4.15. The SMILES string of the molecule is Cc1cccc(CCl)c1OCCOc1cccc(Br)c1. The highest BCUT2D eigenvalue weighted by Gasteiger charge is 2.06. The van der Waals surface area contributed by atoms with Crippen molar-refractivity contribution >= 4 is 27.5 Å². The average Bonchev–Trinajstić information content (AvgIpc) is 2.45. The molecule has 0 aliphatic carbocycles. The van der Waals surface area contributed by atoms with Crippen molar-refractivity contribution in [3.8, 4) is 11.5 Å². The molecule has 2 aromatic rings. The monoisotopic (exact) mass is 354 g/mol. The van der Waals surface area contributed by atoms with Crippen LogP contribution in [0.3, 0.4) is 0 Å². The summed E-state index contributed by atoms with van der Waals surface area (Å²) in [6, 6.07) is 13.7. The minimum absolute atomic E-state index is 0.448. The van der Waals surface area contributed by atoms with Crippen molar-refractivity contribution < 1.29 is 9.47 Å². The van der Waals surface area contributed by atoms with Gasteiger partial charge in [-0.05, 0) is 30.7 Å². The van der Waals surface area contributed by atoms with E-state index in [1.165, 1.54) is 0 Å². The zero-order valence-electron chi connectivity index (χ0n) is 11.2. The first-order valence-electron chi connectivity index (χ1n) is 6.36. The molecule has 2 aromatic carbocycles. The van der Waals surface area contributed by atoms with Crippen LogP contribution in [0.4, 0.5) is 0 Å². The lowest BCUT2D eigenvalue weighted by Gasteiger charge is -2.13. The van der Waals surface area contributed by atoms with Gasteiger partial charge in [-0.15, -0.1) is 11.6 Å². The number of para-hydroxylation sites is 1. The molecule has 0 N–H and O–H groups in total. The van der Waals surface area contributed by atoms with E-state index in [0.29, 0.717) is 19.1 Å². The topological polar surface area (TPSA) is 18.5 Å². The first-order chi connectivity index (χ1) is 9.70. The molecular weight excluding hydrogens is 340 g/mol. The van der Waals surface area contributed by atoms with Gasteiger partial charge in [-0.1, -0.05) is 40.2 Å². The molecule has 0 atom stereocenters. The number of halogens is 2. The van der Waals surface area contributed by atoms with Gasteiger partial charge < -0.3 is 9.47 Å². The van der Waals surface area contributed by atoms with E-state index in [1.807, 2.05) is 49.4 Å². The second-order valence-electron chi connectivity index (χ2n) is 4.35. The molecule has 106 valence electrons. The third-order valence-electron chi connectivity index (χ3n) is 2.83. The lowest BCUT2D eigenvalue weighted by Crippen LogP contribution is -2.10. The molecule has 0 saturated heterocycles. The highest BCUT2D eigenvalue weighted by atomic mass is 79.9. The van der Waals surface area contributed by atoms with Gasteiger partial charge in [0.15, 0.2) is 0 Å². The Labute approximate surface area is 132 Å². The largest absolute Gasteiger partial charge is 0.490 e. The summed E-state index contributed by atoms with van der Waals surface area (Å²) in [6.45, 7) is 2.99. The predicted molar refractivity (Wildman–Crippen MR) is 85.9 cm³/mol. The van der Waals surface area contributed by atoms with Gasteiger partial charge in [0.25, 0.3) is 0 Å². The van der Waals surface area contributed by atoms with E-state index in [0.717, 1.165) is 27.1 Å². The maximum absolute atomic E-state index is 5.91. The Bertz CT molecular complexity index is 572. The molecule has 0 spiro atoms. The molecular formula is C16H16BrClO2. The van der Waals surface area contributed by atoms with Gasteiger partial charge in [0.1, 0.15) is 24.7 Å². The third-order valence-corrected chi connectivity index (χ3v) is 3.61. The molecule has 0 unspecified atom stereocenters. The molecule has 0 fully saturated rings. The second-order valence-corrected chi connectivity index (χ2v) is 5.53. The molecule has 2 rings (SSSR count). The van der Waals surface area contributed by atoms with Crippen LogP contribution in [0.25, 0.3) is 0 Å². The predicted octanol–water partition coefficient (Wildman–Crippen LogP) is 4.95. The van der Waals surface area contributed by atoms with Gasteiger partial charge in [-0.3, -0.25) is 0 Å². The molecule has 0 aliphatic heterocycles. The summed E-state index contributed by atoms with van der Waals surface area (Å²) < 4.78 is 12.4. The Morgan fingerprint density at radius 3 is 2.55 bits per heavy atom. The summed E-state index contributed by atoms with van der Waals surface area (Å²) in [5.74, 6) is 2.13. The van der Waals surface area contributed by atoms with E-state index < -0.39 is 0 Å². The number of alkyl halides is 1. The lowest BCUT2D eigenvalue weighted by molar-refractivity contribution is 0.215. The summed E-state index contributed by atoms with van der Waals surface area (Å²) in [7, 11) is 0. The molecule has 0 aliphatic rings. The Kier molecular flexibility index (Phi) is 5.74. The van der Waals surface area contributed by atoms with Crippen LogP contribution in [0.5, 0.6) is 11.5 Å². The van der Waals surface area contributed by atoms with Crippen LogP contribution in [-0.2, 0) is 5.88 Å². The fourth-order valence-electron chi connectivity index (χ4n) is 1.89. The fraction of sp³-hybridized carbons (Fsp3) is 0.250. The van der Waals surface area contributed by atoms with Crippen LogP contribution in [0, 0.1) is 6.92 Å². The summed E-state index contributed by atoms with van der Waals surface area (Å²) in [5.41, 5.74) is 2.10. The molecule has 0 bridgehead atoms. The van der Waals surface area contributed by atoms with E-state index >= 15 is 0 Å². The quantitative estimate of drug-likeness (QED) is 0.539. The van der Waals surface area contributed by atoms with Crippen LogP contribution in [0.1, 0.15) is 11.1 Å². The number of rotatable bonds is 6. The minimum Gasteiger partial charge on any atom is -0.490 e. The molecule has 0 amide bonds. The zero-order valence-corrected chi connectivity index (χ0v) is 13.6. The summed E-state index contributed by atoms with van der Waals surface area (Å²) >= 11 is 9.32. The van der Waals surface area contributed by atoms with E-state index in [1.54, 1.807) is 0 Å². The smallest absolute Gasteiger partial charge is 0.126 e. The van der Waals surface area contributed by atoms with Crippen LogP contribution in [-0.4, -0.2) is 13.2 Å². The first kappa shape index (κ1) is 15.2. The summed E-state index contributed by atoms with van der Waals surface area (Å²) in [5, 5.41) is 0. The fourth-order valence-corrected chi connectivity index (χ4v) is 2.47. The van der Waals surface area contributed by atoms with E-state index in [4.69, 9.17) is 21.1 Å². The molecule has 20 heavy (non-hydrogen) atoms. The minimum atomic E-state index is 0.448. The van der Waals surface area contributed by atoms with E-state index in [2.05, 4.69) is 15.9 Å². The van der Waals surface area contributed by atoms with Crippen LogP contribution in [0.2, 0.25) is 0 Å². The van der Waals surface area contributed by atoms with Crippen molar-refractivity contribution in [2.45, 2.75) is 12.8 Å². The van der Waals surface area contributed by atoms with Gasteiger partial charge in [0.05, 0.1) is 5.88 Å². The normalized spacial score (nSPS) is 10.3. The summed E-state index contributed by atoms with van der Waals surface area (Å²) in [6.07, 6.45) is 0. The highest BCUT2D eigenvalue weighted by molar-refractivity contribution is 9.10. The molecule has 0 radical (unpaired) electrons. The van der Waals surface area contributed by atoms with Gasteiger partial charge in [0, 0.05) is 10.0 Å². The average molecular weight is 356 g/mol. The van der Waals surface area contributed by atoms with Gasteiger partial charge in [0.2, 0.25) is 0 Å². The Hall–Kier alpha value is -1.19. The number of benzene rings is 2. The first-order valence-corrected chi connectivity index (χ1v) is 7.69. The van der Waals surface area contributed by atoms with Gasteiger partial charge in [-0.2, -0.15) is 0 Å². The van der Waals surface area contributed by atoms with E-state index in [-0.39, 0.29) is 0 Å². The van der Waals surface area contributed by atoms with Crippen LogP contribution < -0.4 is 9.47 Å². The highest BCUT2D eigenvalue weighted by Crippen LogP contribution is 2.25. The standard InChI is InChI=1S/C16H16BrClO2/c1-12-4-2-5-13(11-18)16(12)20-9-8-19-15-7-3-6-14(17)10-15/h2-7,10H,8-9,11H2,1H3. The Morgan fingerprint density at radius 2 is 1.80 bits per heavy atom. The molecule has 2 nitrogen and oxygen atoms in total. The Morgan fingerprint density at radius 1 is 1.05 bits per heavy atom.